The molecule has 0 radical (unpaired) electrons. The first kappa shape index (κ1) is 23.1. The Bertz CT molecular complexity index is 611. The smallest absolute Gasteiger partial charge is 0.412 e. The number of methoxy groups -OCH3 is 1. The van der Waals surface area contributed by atoms with Crippen LogP contribution >= 0.6 is 0 Å². The number of ketones is 1. The molecule has 1 aromatic carbocycles. The van der Waals surface area contributed by atoms with Crippen molar-refractivity contribution < 1.29 is 29.3 Å². The zero-order valence-corrected chi connectivity index (χ0v) is 16.6. The number of hydrogen-bond donors (Lipinski definition) is 3. The summed E-state index contributed by atoms with van der Waals surface area (Å²) in [6.45, 7) is 5.21. The molecule has 0 heterocycles. The van der Waals surface area contributed by atoms with Crippen LogP contribution in [-0.4, -0.2) is 48.0 Å². The van der Waals surface area contributed by atoms with Crippen LogP contribution in [0.25, 0.3) is 0 Å². The fourth-order valence-corrected chi connectivity index (χ4v) is 2.85. The van der Waals surface area contributed by atoms with E-state index in [2.05, 4.69) is 5.32 Å². The number of benzene rings is 1. The SMILES string of the molecule is COC1(c2cccc(NC(=O)OC(C)(C)C)c2)CCC(=O)CC1.OCCO. The fraction of sp³-hybridized carbons (Fsp3) is 0.600. The summed E-state index contributed by atoms with van der Waals surface area (Å²) in [6, 6.07) is 7.55. The van der Waals surface area contributed by atoms with E-state index in [0.717, 1.165) is 5.56 Å². The van der Waals surface area contributed by atoms with Crippen molar-refractivity contribution in [2.24, 2.45) is 0 Å². The third-order valence-electron chi connectivity index (χ3n) is 4.14. The summed E-state index contributed by atoms with van der Waals surface area (Å²) in [5.41, 5.74) is 0.629. The maximum atomic E-state index is 11.9. The van der Waals surface area contributed by atoms with Gasteiger partial charge in [-0.1, -0.05) is 12.1 Å². The predicted molar refractivity (Wildman–Crippen MR) is 103 cm³/mol. The van der Waals surface area contributed by atoms with Crippen molar-refractivity contribution in [3.05, 3.63) is 29.8 Å². The van der Waals surface area contributed by atoms with Gasteiger partial charge in [0.2, 0.25) is 0 Å². The molecular weight excluding hydrogens is 350 g/mol. The number of rotatable bonds is 4. The molecule has 152 valence electrons. The fourth-order valence-electron chi connectivity index (χ4n) is 2.85. The molecule has 1 fully saturated rings. The third kappa shape index (κ3) is 7.66. The molecule has 0 atom stereocenters. The van der Waals surface area contributed by atoms with E-state index in [1.54, 1.807) is 7.11 Å². The number of ether oxygens (including phenoxy) is 2. The first-order chi connectivity index (χ1) is 12.7. The van der Waals surface area contributed by atoms with Crippen molar-refractivity contribution in [2.75, 3.05) is 25.6 Å². The van der Waals surface area contributed by atoms with Gasteiger partial charge in [-0.15, -0.1) is 0 Å². The first-order valence-electron chi connectivity index (χ1n) is 9.05. The van der Waals surface area contributed by atoms with Crippen LogP contribution in [0.1, 0.15) is 52.0 Å². The van der Waals surface area contributed by atoms with Gasteiger partial charge >= 0.3 is 6.09 Å². The number of carbonyl (C=O) groups excluding carboxylic acids is 2. The number of aliphatic hydroxyl groups excluding tert-OH is 2. The Kier molecular flexibility index (Phi) is 8.88. The van der Waals surface area contributed by atoms with Crippen molar-refractivity contribution >= 4 is 17.6 Å². The maximum absolute atomic E-state index is 11.9. The molecule has 0 bridgehead atoms. The van der Waals surface area contributed by atoms with Gasteiger partial charge in [0.05, 0.1) is 18.8 Å². The predicted octanol–water partition coefficient (Wildman–Crippen LogP) is 2.99. The second-order valence-corrected chi connectivity index (χ2v) is 7.39. The maximum Gasteiger partial charge on any atom is 0.412 e. The van der Waals surface area contributed by atoms with Gasteiger partial charge in [-0.25, -0.2) is 4.79 Å². The molecule has 0 aliphatic heterocycles. The third-order valence-corrected chi connectivity index (χ3v) is 4.14. The summed E-state index contributed by atoms with van der Waals surface area (Å²) >= 11 is 0. The van der Waals surface area contributed by atoms with Crippen molar-refractivity contribution in [2.45, 2.75) is 57.7 Å². The van der Waals surface area contributed by atoms with Gasteiger partial charge < -0.3 is 19.7 Å². The Morgan fingerprint density at radius 2 is 1.78 bits per heavy atom. The molecule has 1 amide bonds. The standard InChI is InChI=1S/C18H25NO4.C2H6O2/c1-17(2,3)23-16(21)19-14-7-5-6-13(12-14)18(22-4)10-8-15(20)9-11-18;3-1-2-4/h5-7,12H,8-11H2,1-4H3,(H,19,21);3-4H,1-2H2. The number of hydrogen-bond acceptors (Lipinski definition) is 6. The summed E-state index contributed by atoms with van der Waals surface area (Å²) < 4.78 is 11.0. The highest BCUT2D eigenvalue weighted by atomic mass is 16.6. The Morgan fingerprint density at radius 3 is 2.26 bits per heavy atom. The van der Waals surface area contributed by atoms with E-state index in [1.165, 1.54) is 0 Å². The lowest BCUT2D eigenvalue weighted by atomic mass is 9.79. The van der Waals surface area contributed by atoms with Gasteiger partial charge in [0.1, 0.15) is 11.4 Å². The average Bonchev–Trinajstić information content (AvgIpc) is 2.61. The Labute approximate surface area is 160 Å². The van der Waals surface area contributed by atoms with Gasteiger partial charge in [0, 0.05) is 25.6 Å². The minimum Gasteiger partial charge on any atom is -0.444 e. The normalized spacial score (nSPS) is 16.1. The summed E-state index contributed by atoms with van der Waals surface area (Å²) in [5, 5.41) is 18.0. The van der Waals surface area contributed by atoms with Crippen LogP contribution in [0.15, 0.2) is 24.3 Å². The minimum atomic E-state index is -0.542. The summed E-state index contributed by atoms with van der Waals surface area (Å²) in [4.78, 5) is 23.4. The molecule has 7 nitrogen and oxygen atoms in total. The van der Waals surface area contributed by atoms with Crippen LogP contribution in [0.4, 0.5) is 10.5 Å². The minimum absolute atomic E-state index is 0.125. The molecule has 1 aliphatic carbocycles. The number of amides is 1. The molecule has 2 rings (SSSR count). The van der Waals surface area contributed by atoms with E-state index in [1.807, 2.05) is 45.0 Å². The second-order valence-electron chi connectivity index (χ2n) is 7.39. The number of Topliss-reactive ketones (excluding diaryl/α,β-unsaturated/α-hetero) is 1. The summed E-state index contributed by atoms with van der Waals surface area (Å²) in [6.07, 6.45) is 1.89. The van der Waals surface area contributed by atoms with Crippen molar-refractivity contribution in [1.29, 1.82) is 0 Å². The Hall–Kier alpha value is -1.96. The first-order valence-corrected chi connectivity index (χ1v) is 9.05. The second kappa shape index (κ2) is 10.4. The van der Waals surface area contributed by atoms with E-state index < -0.39 is 17.3 Å². The average molecular weight is 381 g/mol. The lowest BCUT2D eigenvalue weighted by molar-refractivity contribution is -0.127. The molecule has 0 unspecified atom stereocenters. The molecule has 7 heteroatoms. The van der Waals surface area contributed by atoms with Gasteiger partial charge in [-0.3, -0.25) is 10.1 Å². The van der Waals surface area contributed by atoms with Gasteiger partial charge in [-0.2, -0.15) is 0 Å². The zero-order chi connectivity index (χ0) is 20.5. The zero-order valence-electron chi connectivity index (χ0n) is 16.6. The largest absolute Gasteiger partial charge is 0.444 e. The monoisotopic (exact) mass is 381 g/mol. The quantitative estimate of drug-likeness (QED) is 0.740. The molecular formula is C20H31NO6. The van der Waals surface area contributed by atoms with Crippen LogP contribution in [0.5, 0.6) is 0 Å². The van der Waals surface area contributed by atoms with E-state index in [4.69, 9.17) is 19.7 Å². The van der Waals surface area contributed by atoms with Gasteiger partial charge in [-0.05, 0) is 51.3 Å². The van der Waals surface area contributed by atoms with Crippen LogP contribution in [-0.2, 0) is 19.9 Å². The Morgan fingerprint density at radius 1 is 1.19 bits per heavy atom. The number of nitrogens with one attached hydrogen (secondary N) is 1. The highest BCUT2D eigenvalue weighted by molar-refractivity contribution is 5.85. The van der Waals surface area contributed by atoms with E-state index in [-0.39, 0.29) is 19.0 Å². The molecule has 3 N–H and O–H groups in total. The van der Waals surface area contributed by atoms with Crippen LogP contribution in [0, 0.1) is 0 Å². The lowest BCUT2D eigenvalue weighted by Crippen LogP contribution is -2.34. The molecule has 0 saturated heterocycles. The van der Waals surface area contributed by atoms with E-state index in [0.29, 0.717) is 31.4 Å². The van der Waals surface area contributed by atoms with Crippen molar-refractivity contribution in [3.8, 4) is 0 Å². The van der Waals surface area contributed by atoms with Gasteiger partial charge in [0.25, 0.3) is 0 Å². The highest BCUT2D eigenvalue weighted by Crippen LogP contribution is 2.39. The van der Waals surface area contributed by atoms with Crippen LogP contribution in [0.3, 0.4) is 0 Å². The van der Waals surface area contributed by atoms with Gasteiger partial charge in [0.15, 0.2) is 0 Å². The molecule has 0 aromatic heterocycles. The Balaban J connectivity index is 0.000000828. The number of aliphatic hydroxyl groups is 2. The molecule has 27 heavy (non-hydrogen) atoms. The molecule has 1 saturated carbocycles. The number of anilines is 1. The van der Waals surface area contributed by atoms with Crippen molar-refractivity contribution in [1.82, 2.24) is 0 Å². The molecule has 1 aromatic rings. The van der Waals surface area contributed by atoms with E-state index in [9.17, 15) is 9.59 Å². The topological polar surface area (TPSA) is 105 Å². The molecule has 0 spiro atoms. The van der Waals surface area contributed by atoms with Crippen molar-refractivity contribution in [3.63, 3.8) is 0 Å². The van der Waals surface area contributed by atoms with Crippen LogP contribution < -0.4 is 5.32 Å². The summed E-state index contributed by atoms with van der Waals surface area (Å²) in [7, 11) is 1.67. The lowest BCUT2D eigenvalue weighted by Gasteiger charge is -2.36. The summed E-state index contributed by atoms with van der Waals surface area (Å²) in [5.74, 6) is 0.278. The number of carbonyl (C=O) groups is 2. The van der Waals surface area contributed by atoms with E-state index >= 15 is 0 Å². The molecule has 1 aliphatic rings. The highest BCUT2D eigenvalue weighted by Gasteiger charge is 2.36. The van der Waals surface area contributed by atoms with Crippen LogP contribution in [0.2, 0.25) is 0 Å².